The summed E-state index contributed by atoms with van der Waals surface area (Å²) in [7, 11) is 3.08. The van der Waals surface area contributed by atoms with Gasteiger partial charge in [0.2, 0.25) is 0 Å². The van der Waals surface area contributed by atoms with E-state index in [1.54, 1.807) is 63.4 Å². The summed E-state index contributed by atoms with van der Waals surface area (Å²) in [5, 5.41) is 3.65. The fourth-order valence-electron chi connectivity index (χ4n) is 3.07. The molecule has 0 spiro atoms. The lowest BCUT2D eigenvalue weighted by atomic mass is 10.0. The lowest BCUT2D eigenvalue weighted by Gasteiger charge is -2.19. The van der Waals surface area contributed by atoms with Gasteiger partial charge in [0.1, 0.15) is 5.70 Å². The number of nitrogens with one attached hydrogen (secondary N) is 1. The molecule has 1 aliphatic heterocycles. The van der Waals surface area contributed by atoms with Crippen molar-refractivity contribution in [2.45, 2.75) is 19.9 Å². The molecule has 0 unspecified atom stereocenters. The number of amides is 2. The van der Waals surface area contributed by atoms with E-state index in [1.807, 2.05) is 0 Å². The average molecular weight is 401 g/mol. The first-order valence-corrected chi connectivity index (χ1v) is 9.12. The summed E-state index contributed by atoms with van der Waals surface area (Å²) in [6.45, 7) is 3.60. The Kier molecular flexibility index (Phi) is 5.61. The van der Waals surface area contributed by atoms with Gasteiger partial charge in [0.25, 0.3) is 11.8 Å². The first kappa shape index (κ1) is 19.8. The van der Waals surface area contributed by atoms with E-state index < -0.39 is 0 Å². The van der Waals surface area contributed by atoms with Gasteiger partial charge in [0.05, 0.1) is 19.8 Å². The maximum Gasteiger partial charge on any atom is 0.278 e. The number of imide groups is 1. The Morgan fingerprint density at radius 3 is 2.14 bits per heavy atom. The topological polar surface area (TPSA) is 67.9 Å². The molecular formula is C21H21ClN2O4. The van der Waals surface area contributed by atoms with Gasteiger partial charge in [0, 0.05) is 22.8 Å². The average Bonchev–Trinajstić information content (AvgIpc) is 2.92. The Balaban J connectivity index is 2.08. The smallest absolute Gasteiger partial charge is 0.278 e. The molecule has 3 rings (SSSR count). The predicted molar refractivity (Wildman–Crippen MR) is 109 cm³/mol. The maximum atomic E-state index is 13.0. The molecule has 0 atom stereocenters. The number of ether oxygens (including phenoxy) is 2. The standard InChI is InChI=1S/C21H21ClN2O4/c1-12(2)24-20(25)18(13-5-7-14(22)8-6-13)19(21(24)26)23-15-9-10-16(27-3)17(11-15)28-4/h5-12,23H,1-4H3. The van der Waals surface area contributed by atoms with Crippen LogP contribution in [0.2, 0.25) is 5.02 Å². The van der Waals surface area contributed by atoms with E-state index in [0.29, 0.717) is 33.3 Å². The lowest BCUT2D eigenvalue weighted by molar-refractivity contribution is -0.138. The fraction of sp³-hybridized carbons (Fsp3) is 0.238. The molecule has 2 aromatic rings. The van der Waals surface area contributed by atoms with E-state index in [4.69, 9.17) is 21.1 Å². The van der Waals surface area contributed by atoms with Crippen LogP contribution in [0.3, 0.4) is 0 Å². The first-order chi connectivity index (χ1) is 13.4. The quantitative estimate of drug-likeness (QED) is 0.743. The van der Waals surface area contributed by atoms with Gasteiger partial charge in [-0.25, -0.2) is 0 Å². The first-order valence-electron chi connectivity index (χ1n) is 8.74. The highest BCUT2D eigenvalue weighted by Crippen LogP contribution is 2.35. The zero-order valence-electron chi connectivity index (χ0n) is 16.1. The van der Waals surface area contributed by atoms with Gasteiger partial charge in [0.15, 0.2) is 11.5 Å². The molecule has 7 heteroatoms. The van der Waals surface area contributed by atoms with Crippen LogP contribution < -0.4 is 14.8 Å². The maximum absolute atomic E-state index is 13.0. The molecule has 0 bridgehead atoms. The molecule has 1 aliphatic rings. The van der Waals surface area contributed by atoms with Crippen molar-refractivity contribution in [1.82, 2.24) is 4.90 Å². The molecule has 146 valence electrons. The molecule has 0 saturated heterocycles. The Hall–Kier alpha value is -2.99. The molecule has 6 nitrogen and oxygen atoms in total. The normalized spacial score (nSPS) is 14.1. The van der Waals surface area contributed by atoms with Gasteiger partial charge < -0.3 is 14.8 Å². The third-order valence-electron chi connectivity index (χ3n) is 4.42. The van der Waals surface area contributed by atoms with Crippen molar-refractivity contribution in [2.24, 2.45) is 0 Å². The van der Waals surface area contributed by atoms with Crippen LogP contribution in [0, 0.1) is 0 Å². The summed E-state index contributed by atoms with van der Waals surface area (Å²) in [6.07, 6.45) is 0. The Morgan fingerprint density at radius 1 is 0.929 bits per heavy atom. The molecule has 0 fully saturated rings. The Bertz CT molecular complexity index is 951. The van der Waals surface area contributed by atoms with Crippen LogP contribution in [0.15, 0.2) is 48.2 Å². The van der Waals surface area contributed by atoms with Crippen molar-refractivity contribution in [3.63, 3.8) is 0 Å². The number of hydrogen-bond acceptors (Lipinski definition) is 5. The second kappa shape index (κ2) is 7.94. The summed E-state index contributed by atoms with van der Waals surface area (Å²) >= 11 is 5.97. The van der Waals surface area contributed by atoms with Crippen molar-refractivity contribution in [2.75, 3.05) is 19.5 Å². The number of nitrogens with zero attached hydrogens (tertiary/aromatic N) is 1. The van der Waals surface area contributed by atoms with E-state index in [-0.39, 0.29) is 23.6 Å². The Labute approximate surface area is 168 Å². The number of halogens is 1. The van der Waals surface area contributed by atoms with Gasteiger partial charge in [-0.3, -0.25) is 14.5 Å². The molecule has 0 saturated carbocycles. The molecule has 0 aromatic heterocycles. The van der Waals surface area contributed by atoms with Crippen LogP contribution in [0.5, 0.6) is 11.5 Å². The third-order valence-corrected chi connectivity index (χ3v) is 4.67. The minimum atomic E-state index is -0.375. The predicted octanol–water partition coefficient (Wildman–Crippen LogP) is 3.96. The monoisotopic (exact) mass is 400 g/mol. The molecule has 1 heterocycles. The van der Waals surface area contributed by atoms with E-state index in [9.17, 15) is 9.59 Å². The van der Waals surface area contributed by atoms with Gasteiger partial charge in [-0.1, -0.05) is 23.7 Å². The van der Waals surface area contributed by atoms with Crippen LogP contribution in [-0.4, -0.2) is 37.0 Å². The minimum Gasteiger partial charge on any atom is -0.493 e. The van der Waals surface area contributed by atoms with Crippen molar-refractivity contribution in [1.29, 1.82) is 0 Å². The van der Waals surface area contributed by atoms with E-state index >= 15 is 0 Å². The molecule has 2 aromatic carbocycles. The van der Waals surface area contributed by atoms with Gasteiger partial charge in [-0.05, 0) is 43.7 Å². The number of carbonyl (C=O) groups excluding carboxylic acids is 2. The van der Waals surface area contributed by atoms with Crippen LogP contribution >= 0.6 is 11.6 Å². The summed E-state index contributed by atoms with van der Waals surface area (Å²) < 4.78 is 10.6. The second-order valence-electron chi connectivity index (χ2n) is 6.53. The number of rotatable bonds is 6. The molecule has 28 heavy (non-hydrogen) atoms. The van der Waals surface area contributed by atoms with Crippen LogP contribution in [-0.2, 0) is 9.59 Å². The van der Waals surface area contributed by atoms with Crippen LogP contribution in [0.1, 0.15) is 19.4 Å². The van der Waals surface area contributed by atoms with E-state index in [2.05, 4.69) is 5.32 Å². The van der Waals surface area contributed by atoms with Crippen LogP contribution in [0.4, 0.5) is 5.69 Å². The largest absolute Gasteiger partial charge is 0.493 e. The fourth-order valence-corrected chi connectivity index (χ4v) is 3.20. The Morgan fingerprint density at radius 2 is 1.57 bits per heavy atom. The van der Waals surface area contributed by atoms with Crippen molar-refractivity contribution >= 4 is 34.7 Å². The molecular weight excluding hydrogens is 380 g/mol. The highest BCUT2D eigenvalue weighted by molar-refractivity contribution is 6.37. The second-order valence-corrected chi connectivity index (χ2v) is 6.96. The summed E-state index contributed by atoms with van der Waals surface area (Å²) in [5.74, 6) is 0.362. The van der Waals surface area contributed by atoms with Crippen molar-refractivity contribution in [3.05, 3.63) is 58.7 Å². The number of hydrogen-bond donors (Lipinski definition) is 1. The molecule has 0 radical (unpaired) electrons. The van der Waals surface area contributed by atoms with Crippen LogP contribution in [0.25, 0.3) is 5.57 Å². The van der Waals surface area contributed by atoms with Crippen molar-refractivity contribution in [3.8, 4) is 11.5 Å². The molecule has 1 N–H and O–H groups in total. The highest BCUT2D eigenvalue weighted by Gasteiger charge is 2.40. The molecule has 2 amide bonds. The SMILES string of the molecule is COc1ccc(NC2=C(c3ccc(Cl)cc3)C(=O)N(C(C)C)C2=O)cc1OC. The zero-order valence-corrected chi connectivity index (χ0v) is 16.8. The third kappa shape index (κ3) is 3.55. The van der Waals surface area contributed by atoms with E-state index in [1.165, 1.54) is 12.0 Å². The number of methoxy groups -OCH3 is 2. The summed E-state index contributed by atoms with van der Waals surface area (Å²) in [5.41, 5.74) is 1.75. The number of anilines is 1. The van der Waals surface area contributed by atoms with Gasteiger partial charge in [-0.15, -0.1) is 0 Å². The van der Waals surface area contributed by atoms with Gasteiger partial charge in [-0.2, -0.15) is 0 Å². The highest BCUT2D eigenvalue weighted by atomic mass is 35.5. The number of carbonyl (C=O) groups is 2. The minimum absolute atomic E-state index is 0.216. The van der Waals surface area contributed by atoms with Crippen molar-refractivity contribution < 1.29 is 19.1 Å². The van der Waals surface area contributed by atoms with E-state index in [0.717, 1.165) is 0 Å². The molecule has 0 aliphatic carbocycles. The van der Waals surface area contributed by atoms with Gasteiger partial charge >= 0.3 is 0 Å². The number of benzene rings is 2. The summed E-state index contributed by atoms with van der Waals surface area (Å²) in [6, 6.07) is 11.7. The summed E-state index contributed by atoms with van der Waals surface area (Å²) in [4.78, 5) is 27.2. The zero-order chi connectivity index (χ0) is 20.4. The lowest BCUT2D eigenvalue weighted by Crippen LogP contribution is -2.38.